The van der Waals surface area contributed by atoms with Crippen molar-refractivity contribution in [1.82, 2.24) is 29.6 Å². The van der Waals surface area contributed by atoms with Crippen LogP contribution >= 0.6 is 11.6 Å². The Kier molecular flexibility index (Phi) is 5.51. The van der Waals surface area contributed by atoms with Gasteiger partial charge in [0.1, 0.15) is 6.33 Å². The van der Waals surface area contributed by atoms with E-state index in [1.54, 1.807) is 23.1 Å². The lowest BCUT2D eigenvalue weighted by Gasteiger charge is -2.33. The lowest BCUT2D eigenvalue weighted by Crippen LogP contribution is -2.48. The first-order valence-corrected chi connectivity index (χ1v) is 11.6. The molecule has 0 bridgehead atoms. The number of pyridine rings is 1. The molecule has 1 fully saturated rings. The van der Waals surface area contributed by atoms with Gasteiger partial charge in [0.15, 0.2) is 11.4 Å². The van der Waals surface area contributed by atoms with E-state index in [1.165, 1.54) is 0 Å². The maximum atomic E-state index is 13.1. The van der Waals surface area contributed by atoms with Crippen molar-refractivity contribution in [2.45, 2.75) is 33.2 Å². The number of hydrogen-bond donors (Lipinski definition) is 0. The molecule has 0 atom stereocenters. The molecule has 4 aromatic rings. The fraction of sp³-hybridized carbons (Fsp3) is 0.375. The Hall–Kier alpha value is -3.46. The van der Waals surface area contributed by atoms with Crippen LogP contribution in [0, 0.1) is 6.92 Å². The molecule has 5 rings (SSSR count). The zero-order valence-corrected chi connectivity index (χ0v) is 20.4. The summed E-state index contributed by atoms with van der Waals surface area (Å²) in [5.41, 5.74) is 3.22. The third-order valence-corrected chi connectivity index (χ3v) is 6.17. The number of aromatic nitrogens is 5. The predicted octanol–water partition coefficient (Wildman–Crippen LogP) is 4.16. The van der Waals surface area contributed by atoms with Gasteiger partial charge in [-0.25, -0.2) is 14.6 Å². The summed E-state index contributed by atoms with van der Waals surface area (Å²) in [7, 11) is 0. The smallest absolute Gasteiger partial charge is 0.300 e. The molecule has 1 saturated heterocycles. The van der Waals surface area contributed by atoms with Crippen LogP contribution in [-0.4, -0.2) is 61.7 Å². The average Bonchev–Trinajstić information content (AvgIpc) is 3.46. The molecule has 0 radical (unpaired) electrons. The van der Waals surface area contributed by atoms with Gasteiger partial charge in [-0.2, -0.15) is 10.1 Å². The Balaban J connectivity index is 1.27. The van der Waals surface area contributed by atoms with Crippen molar-refractivity contribution in [3.8, 4) is 11.4 Å². The number of carbonyl (C=O) groups excluding carboxylic acids is 1. The van der Waals surface area contributed by atoms with Crippen molar-refractivity contribution in [3.63, 3.8) is 0 Å². The minimum absolute atomic E-state index is 0.0591. The number of oxazole rings is 1. The summed E-state index contributed by atoms with van der Waals surface area (Å²) in [6.07, 6.45) is 1.69. The van der Waals surface area contributed by atoms with Crippen LogP contribution in [0.4, 0.5) is 6.01 Å². The summed E-state index contributed by atoms with van der Waals surface area (Å²) < 4.78 is 7.65. The van der Waals surface area contributed by atoms with Crippen LogP contribution in [-0.2, 0) is 5.54 Å². The van der Waals surface area contributed by atoms with Gasteiger partial charge >= 0.3 is 0 Å². The Morgan fingerprint density at radius 2 is 1.82 bits per heavy atom. The number of fused-ring (bicyclic) bond motifs is 1. The van der Waals surface area contributed by atoms with Crippen LogP contribution in [0.15, 0.2) is 41.1 Å². The number of piperazine rings is 1. The first-order valence-electron chi connectivity index (χ1n) is 11.2. The molecule has 0 saturated carbocycles. The Labute approximate surface area is 202 Å². The third-order valence-electron chi connectivity index (χ3n) is 5.85. The number of anilines is 1. The van der Waals surface area contributed by atoms with Gasteiger partial charge in [-0.3, -0.25) is 4.79 Å². The van der Waals surface area contributed by atoms with Gasteiger partial charge in [-0.15, -0.1) is 0 Å². The summed E-state index contributed by atoms with van der Waals surface area (Å²) in [6.45, 7) is 10.4. The highest BCUT2D eigenvalue weighted by molar-refractivity contribution is 6.33. The molecular formula is C24H26ClN7O2. The van der Waals surface area contributed by atoms with Gasteiger partial charge < -0.3 is 14.2 Å². The summed E-state index contributed by atoms with van der Waals surface area (Å²) >= 11 is 6.53. The molecule has 10 heteroatoms. The van der Waals surface area contributed by atoms with Gasteiger partial charge in [0.25, 0.3) is 11.9 Å². The van der Waals surface area contributed by atoms with Crippen LogP contribution in [0.1, 0.15) is 36.8 Å². The number of nitrogens with zero attached hydrogens (tertiary/aromatic N) is 7. The van der Waals surface area contributed by atoms with Crippen molar-refractivity contribution in [2.75, 3.05) is 31.1 Å². The number of hydrogen-bond acceptors (Lipinski definition) is 7. The summed E-state index contributed by atoms with van der Waals surface area (Å²) in [5, 5.41) is 4.98. The van der Waals surface area contributed by atoms with Gasteiger partial charge in [-0.05, 0) is 58.0 Å². The molecule has 9 nitrogen and oxygen atoms in total. The first kappa shape index (κ1) is 22.3. The minimum atomic E-state index is -0.177. The van der Waals surface area contributed by atoms with Crippen LogP contribution in [0.25, 0.3) is 22.6 Å². The SMILES string of the molecule is Cc1ccc2oc(N3CCN(C(=O)c4ccc(-c5ncn(C(C)(C)C)n5)c(Cl)c4)CC3)nc2n1. The van der Waals surface area contributed by atoms with Crippen molar-refractivity contribution >= 4 is 34.8 Å². The molecule has 4 heterocycles. The van der Waals surface area contributed by atoms with E-state index in [9.17, 15) is 4.79 Å². The Bertz CT molecular complexity index is 1360. The molecular weight excluding hydrogens is 454 g/mol. The second-order valence-corrected chi connectivity index (χ2v) is 9.84. The molecule has 0 unspecified atom stereocenters. The van der Waals surface area contributed by atoms with E-state index in [0.29, 0.717) is 65.4 Å². The number of halogens is 1. The van der Waals surface area contributed by atoms with E-state index in [-0.39, 0.29) is 11.4 Å². The summed E-state index contributed by atoms with van der Waals surface area (Å²) in [4.78, 5) is 30.3. The molecule has 3 aromatic heterocycles. The Morgan fingerprint density at radius 3 is 2.50 bits per heavy atom. The van der Waals surface area contributed by atoms with Crippen molar-refractivity contribution in [2.24, 2.45) is 0 Å². The molecule has 0 spiro atoms. The van der Waals surface area contributed by atoms with E-state index in [2.05, 4.69) is 40.8 Å². The van der Waals surface area contributed by atoms with Crippen LogP contribution in [0.3, 0.4) is 0 Å². The maximum absolute atomic E-state index is 13.1. The lowest BCUT2D eigenvalue weighted by atomic mass is 10.1. The second kappa shape index (κ2) is 8.39. The third kappa shape index (κ3) is 4.23. The first-order chi connectivity index (χ1) is 16.2. The molecule has 1 aromatic carbocycles. The van der Waals surface area contributed by atoms with Crippen molar-refractivity contribution in [1.29, 1.82) is 0 Å². The second-order valence-electron chi connectivity index (χ2n) is 9.43. The number of benzene rings is 1. The van der Waals surface area contributed by atoms with Gasteiger partial charge in [0.05, 0.1) is 10.6 Å². The fourth-order valence-electron chi connectivity index (χ4n) is 3.86. The lowest BCUT2D eigenvalue weighted by molar-refractivity contribution is 0.0745. The molecule has 1 aliphatic rings. The van der Waals surface area contributed by atoms with Gasteiger partial charge in [0, 0.05) is 43.0 Å². The van der Waals surface area contributed by atoms with E-state index >= 15 is 0 Å². The fourth-order valence-corrected chi connectivity index (χ4v) is 4.12. The predicted molar refractivity (Wildman–Crippen MR) is 130 cm³/mol. The van der Waals surface area contributed by atoms with Crippen LogP contribution < -0.4 is 4.90 Å². The van der Waals surface area contributed by atoms with Crippen LogP contribution in [0.5, 0.6) is 0 Å². The molecule has 0 N–H and O–H groups in total. The zero-order valence-electron chi connectivity index (χ0n) is 19.6. The summed E-state index contributed by atoms with van der Waals surface area (Å²) in [5.74, 6) is 0.478. The largest absolute Gasteiger partial charge is 0.422 e. The number of aryl methyl sites for hydroxylation is 1. The number of rotatable bonds is 3. The van der Waals surface area contributed by atoms with E-state index in [4.69, 9.17) is 16.0 Å². The quantitative estimate of drug-likeness (QED) is 0.435. The molecule has 0 aliphatic carbocycles. The highest BCUT2D eigenvalue weighted by atomic mass is 35.5. The highest BCUT2D eigenvalue weighted by Gasteiger charge is 2.26. The van der Waals surface area contributed by atoms with Crippen molar-refractivity contribution in [3.05, 3.63) is 52.9 Å². The standard InChI is InChI=1S/C24H26ClN7O2/c1-15-5-8-19-21(27-15)28-23(34-19)31-11-9-30(10-12-31)22(33)16-6-7-17(18(25)13-16)20-26-14-32(29-20)24(2,3)4/h5-8,13-14H,9-12H2,1-4H3. The number of carbonyl (C=O) groups is 1. The Morgan fingerprint density at radius 1 is 1.06 bits per heavy atom. The molecule has 34 heavy (non-hydrogen) atoms. The van der Waals surface area contributed by atoms with Gasteiger partial charge in [0.2, 0.25) is 5.65 Å². The average molecular weight is 480 g/mol. The zero-order chi connectivity index (χ0) is 24.0. The van der Waals surface area contributed by atoms with E-state index in [1.807, 2.05) is 34.9 Å². The maximum Gasteiger partial charge on any atom is 0.300 e. The normalized spacial score (nSPS) is 14.7. The molecule has 1 aliphatic heterocycles. The van der Waals surface area contributed by atoms with E-state index in [0.717, 1.165) is 5.69 Å². The summed E-state index contributed by atoms with van der Waals surface area (Å²) in [6, 6.07) is 9.60. The highest BCUT2D eigenvalue weighted by Crippen LogP contribution is 2.28. The van der Waals surface area contributed by atoms with E-state index < -0.39 is 0 Å². The molecule has 176 valence electrons. The molecule has 1 amide bonds. The van der Waals surface area contributed by atoms with Crippen molar-refractivity contribution < 1.29 is 9.21 Å². The van der Waals surface area contributed by atoms with Gasteiger partial charge in [-0.1, -0.05) is 11.6 Å². The topological polar surface area (TPSA) is 93.2 Å². The van der Waals surface area contributed by atoms with Crippen LogP contribution in [0.2, 0.25) is 5.02 Å². The monoisotopic (exact) mass is 479 g/mol. The minimum Gasteiger partial charge on any atom is -0.422 e. The number of amides is 1.